The van der Waals surface area contributed by atoms with Crippen LogP contribution in [0, 0.1) is 22.7 Å². The lowest BCUT2D eigenvalue weighted by Crippen LogP contribution is -2.26. The Morgan fingerprint density at radius 3 is 2.09 bits per heavy atom. The smallest absolute Gasteiger partial charge is 0.232 e. The number of nitrogens with zero attached hydrogens (tertiary/aromatic N) is 4. The molecule has 8 heteroatoms. The summed E-state index contributed by atoms with van der Waals surface area (Å²) >= 11 is 2.71. The third kappa shape index (κ3) is 4.79. The van der Waals surface area contributed by atoms with Crippen LogP contribution in [0.2, 0.25) is 0 Å². The van der Waals surface area contributed by atoms with Gasteiger partial charge in [0.05, 0.1) is 5.56 Å². The van der Waals surface area contributed by atoms with Gasteiger partial charge >= 0.3 is 0 Å². The van der Waals surface area contributed by atoms with E-state index in [4.69, 9.17) is 5.73 Å². The number of thiophene rings is 1. The van der Waals surface area contributed by atoms with E-state index in [-0.39, 0.29) is 23.7 Å². The van der Waals surface area contributed by atoms with Crippen molar-refractivity contribution < 1.29 is 4.79 Å². The summed E-state index contributed by atoms with van der Waals surface area (Å²) in [4.78, 5) is 20.1. The van der Waals surface area contributed by atoms with Gasteiger partial charge in [0.25, 0.3) is 0 Å². The van der Waals surface area contributed by atoms with Gasteiger partial charge in [0.2, 0.25) is 5.91 Å². The quantitative estimate of drug-likeness (QED) is 0.325. The number of nitriles is 2. The minimum atomic E-state index is -0.0801. The second kappa shape index (κ2) is 10.7. The highest BCUT2D eigenvalue weighted by atomic mass is 32.2. The van der Waals surface area contributed by atoms with E-state index in [9.17, 15) is 15.3 Å². The van der Waals surface area contributed by atoms with Gasteiger partial charge in [0.15, 0.2) is 0 Å². The van der Waals surface area contributed by atoms with Crippen LogP contribution in [-0.2, 0) is 4.79 Å². The molecule has 0 aliphatic heterocycles. The fourth-order valence-corrected chi connectivity index (χ4v) is 5.22. The summed E-state index contributed by atoms with van der Waals surface area (Å²) in [5.74, 6) is 0.392. The Balaban J connectivity index is 1.59. The van der Waals surface area contributed by atoms with Crippen LogP contribution in [0.3, 0.4) is 0 Å². The molecule has 0 fully saturated rings. The standard InChI is InChI=1S/C26H19N5OS2/c27-16-20-24(22-12-7-14-33-22)21(17-28)26(30-25(20)29)34-15-13-23(32)31(18-8-3-1-4-9-18)19-10-5-2-6-11-19/h1-12,14H,13,15H2,(H2,29,30). The maximum atomic E-state index is 13.3. The SMILES string of the molecule is N#Cc1c(N)nc(SCCC(=O)N(c2ccccc2)c2ccccc2)c(C#N)c1-c1cccs1. The number of benzene rings is 2. The van der Waals surface area contributed by atoms with Crippen LogP contribution < -0.4 is 10.6 Å². The number of aromatic nitrogens is 1. The van der Waals surface area contributed by atoms with Crippen molar-refractivity contribution in [1.82, 2.24) is 4.98 Å². The molecule has 1 amide bonds. The average molecular weight is 482 g/mol. The fraction of sp³-hybridized carbons (Fsp3) is 0.0769. The molecule has 0 radical (unpaired) electrons. The molecule has 0 aliphatic carbocycles. The molecular formula is C26H19N5OS2. The third-order valence-corrected chi connectivity index (χ3v) is 6.88. The number of para-hydroxylation sites is 2. The summed E-state index contributed by atoms with van der Waals surface area (Å²) in [6, 6.07) is 26.9. The summed E-state index contributed by atoms with van der Waals surface area (Å²) in [6.07, 6.45) is 0.218. The highest BCUT2D eigenvalue weighted by molar-refractivity contribution is 7.99. The first-order chi connectivity index (χ1) is 16.6. The van der Waals surface area contributed by atoms with Crippen LogP contribution in [-0.4, -0.2) is 16.6 Å². The summed E-state index contributed by atoms with van der Waals surface area (Å²) in [5, 5.41) is 21.8. The van der Waals surface area contributed by atoms with E-state index in [1.807, 2.05) is 78.2 Å². The monoisotopic (exact) mass is 481 g/mol. The zero-order valence-corrected chi connectivity index (χ0v) is 19.6. The highest BCUT2D eigenvalue weighted by Gasteiger charge is 2.22. The van der Waals surface area contributed by atoms with E-state index in [1.165, 1.54) is 23.1 Å². The van der Waals surface area contributed by atoms with E-state index in [2.05, 4.69) is 17.1 Å². The van der Waals surface area contributed by atoms with Gasteiger partial charge in [-0.15, -0.1) is 23.1 Å². The van der Waals surface area contributed by atoms with Gasteiger partial charge in [0.1, 0.15) is 28.5 Å². The number of rotatable bonds is 7. The largest absolute Gasteiger partial charge is 0.383 e. The van der Waals surface area contributed by atoms with E-state index in [0.717, 1.165) is 16.3 Å². The number of nitrogen functional groups attached to an aromatic ring is 1. The highest BCUT2D eigenvalue weighted by Crippen LogP contribution is 2.38. The van der Waals surface area contributed by atoms with Crippen molar-refractivity contribution in [2.75, 3.05) is 16.4 Å². The molecule has 0 spiro atoms. The minimum Gasteiger partial charge on any atom is -0.383 e. The molecule has 0 bridgehead atoms. The van der Waals surface area contributed by atoms with Crippen molar-refractivity contribution >= 4 is 46.2 Å². The van der Waals surface area contributed by atoms with Crippen molar-refractivity contribution in [3.8, 4) is 22.6 Å². The fourth-order valence-electron chi connectivity index (χ4n) is 3.51. The molecule has 0 aliphatic rings. The lowest BCUT2D eigenvalue weighted by molar-refractivity contribution is -0.117. The molecule has 2 heterocycles. The Hall–Kier alpha value is -4.11. The van der Waals surface area contributed by atoms with Gasteiger partial charge in [-0.1, -0.05) is 42.5 Å². The zero-order valence-electron chi connectivity index (χ0n) is 18.0. The predicted molar refractivity (Wildman–Crippen MR) is 137 cm³/mol. The molecule has 2 N–H and O–H groups in total. The molecular weight excluding hydrogens is 462 g/mol. The number of nitrogens with two attached hydrogens (primary N) is 1. The number of carbonyl (C=O) groups excluding carboxylic acids is 1. The summed E-state index contributed by atoms with van der Waals surface area (Å²) in [7, 11) is 0. The van der Waals surface area contributed by atoms with Gasteiger partial charge in [-0.2, -0.15) is 10.5 Å². The van der Waals surface area contributed by atoms with E-state index < -0.39 is 0 Å². The van der Waals surface area contributed by atoms with Crippen LogP contribution in [0.25, 0.3) is 10.4 Å². The number of anilines is 3. The number of thioether (sulfide) groups is 1. The molecule has 0 saturated heterocycles. The first kappa shape index (κ1) is 23.1. The van der Waals surface area contributed by atoms with Crippen molar-refractivity contribution in [2.24, 2.45) is 0 Å². The number of hydrogen-bond donors (Lipinski definition) is 1. The van der Waals surface area contributed by atoms with E-state index in [1.54, 1.807) is 4.90 Å². The molecule has 6 nitrogen and oxygen atoms in total. The van der Waals surface area contributed by atoms with Gasteiger partial charge in [0, 0.05) is 34.0 Å². The van der Waals surface area contributed by atoms with Crippen LogP contribution in [0.4, 0.5) is 17.2 Å². The van der Waals surface area contributed by atoms with Crippen LogP contribution in [0.1, 0.15) is 17.5 Å². The van der Waals surface area contributed by atoms with Gasteiger partial charge in [-0.25, -0.2) is 4.98 Å². The van der Waals surface area contributed by atoms with Gasteiger partial charge in [-0.05, 0) is 35.7 Å². The number of pyridine rings is 1. The van der Waals surface area contributed by atoms with Gasteiger partial charge < -0.3 is 5.73 Å². The zero-order chi connectivity index (χ0) is 23.9. The Labute approximate surface area is 205 Å². The first-order valence-corrected chi connectivity index (χ1v) is 12.2. The Morgan fingerprint density at radius 1 is 0.941 bits per heavy atom. The van der Waals surface area contributed by atoms with E-state index >= 15 is 0 Å². The maximum Gasteiger partial charge on any atom is 0.232 e. The molecule has 2 aromatic heterocycles. The second-order valence-electron chi connectivity index (χ2n) is 7.13. The van der Waals surface area contributed by atoms with Crippen molar-refractivity contribution in [3.63, 3.8) is 0 Å². The molecule has 0 atom stereocenters. The molecule has 166 valence electrons. The molecule has 4 aromatic rings. The van der Waals surface area contributed by atoms with Crippen molar-refractivity contribution in [2.45, 2.75) is 11.4 Å². The van der Waals surface area contributed by atoms with Crippen molar-refractivity contribution in [1.29, 1.82) is 10.5 Å². The Bertz CT molecular complexity index is 1340. The van der Waals surface area contributed by atoms with Crippen LogP contribution in [0.15, 0.2) is 83.2 Å². The topological polar surface area (TPSA) is 107 Å². The summed E-state index contributed by atoms with van der Waals surface area (Å²) < 4.78 is 0. The third-order valence-electron chi connectivity index (χ3n) is 5.02. The normalized spacial score (nSPS) is 10.3. The number of carbonyl (C=O) groups is 1. The van der Waals surface area contributed by atoms with Crippen molar-refractivity contribution in [3.05, 3.63) is 89.3 Å². The molecule has 34 heavy (non-hydrogen) atoms. The van der Waals surface area contributed by atoms with Gasteiger partial charge in [-0.3, -0.25) is 9.69 Å². The predicted octanol–water partition coefficient (Wildman–Crippen LogP) is 5.98. The molecule has 4 rings (SSSR count). The lowest BCUT2D eigenvalue weighted by Gasteiger charge is -2.23. The van der Waals surface area contributed by atoms with Crippen LogP contribution >= 0.6 is 23.1 Å². The molecule has 0 saturated carbocycles. The minimum absolute atomic E-state index is 0.0777. The second-order valence-corrected chi connectivity index (χ2v) is 9.16. The lowest BCUT2D eigenvalue weighted by atomic mass is 10.0. The van der Waals surface area contributed by atoms with Crippen LogP contribution in [0.5, 0.6) is 0 Å². The van der Waals surface area contributed by atoms with E-state index in [0.29, 0.717) is 21.9 Å². The average Bonchev–Trinajstić information content (AvgIpc) is 3.40. The Morgan fingerprint density at radius 2 is 1.56 bits per heavy atom. The number of amides is 1. The summed E-state index contributed by atoms with van der Waals surface area (Å²) in [5.41, 5.74) is 8.62. The number of hydrogen-bond acceptors (Lipinski definition) is 7. The molecule has 0 unspecified atom stereocenters. The Kier molecular flexibility index (Phi) is 7.24. The first-order valence-electron chi connectivity index (χ1n) is 10.4. The summed E-state index contributed by atoms with van der Waals surface area (Å²) in [6.45, 7) is 0. The molecule has 2 aromatic carbocycles. The maximum absolute atomic E-state index is 13.3.